The molecule has 0 bridgehead atoms. The fourth-order valence-electron chi connectivity index (χ4n) is 3.00. The van der Waals surface area contributed by atoms with Crippen LogP contribution in [0.3, 0.4) is 0 Å². The molecule has 1 saturated heterocycles. The topological polar surface area (TPSA) is 46.0 Å². The van der Waals surface area contributed by atoms with Gasteiger partial charge in [0.1, 0.15) is 0 Å². The van der Waals surface area contributed by atoms with E-state index in [2.05, 4.69) is 58.6 Å². The molecule has 1 N–H and O–H groups in total. The standard InChI is InChI=1S/C16H23N5/c1-3-20-10-8-16(13(2)12-20)18-14-4-6-15(7-5-14)21-11-9-17-19-21/h4-7,9,11,13,16,18H,3,8,10,12H2,1-2H3/t13-,16+/m0/s1. The summed E-state index contributed by atoms with van der Waals surface area (Å²) in [6, 6.07) is 8.95. The summed E-state index contributed by atoms with van der Waals surface area (Å²) in [6.45, 7) is 8.11. The van der Waals surface area contributed by atoms with Crippen LogP contribution >= 0.6 is 0 Å². The molecule has 5 nitrogen and oxygen atoms in total. The third kappa shape index (κ3) is 3.24. The highest BCUT2D eigenvalue weighted by molar-refractivity contribution is 5.49. The number of anilines is 1. The molecule has 1 fully saturated rings. The number of nitrogens with zero attached hydrogens (tertiary/aromatic N) is 4. The molecule has 112 valence electrons. The summed E-state index contributed by atoms with van der Waals surface area (Å²) in [4.78, 5) is 2.52. The third-order valence-corrected chi connectivity index (χ3v) is 4.34. The third-order valence-electron chi connectivity index (χ3n) is 4.34. The first-order chi connectivity index (χ1) is 10.3. The Bertz CT molecular complexity index is 549. The van der Waals surface area contributed by atoms with Crippen molar-refractivity contribution in [3.8, 4) is 5.69 Å². The zero-order valence-corrected chi connectivity index (χ0v) is 12.7. The monoisotopic (exact) mass is 285 g/mol. The van der Waals surface area contributed by atoms with Gasteiger partial charge in [0.2, 0.25) is 0 Å². The Hall–Kier alpha value is -1.88. The summed E-state index contributed by atoms with van der Waals surface area (Å²) in [5, 5.41) is 11.5. The van der Waals surface area contributed by atoms with Crippen LogP contribution in [0.25, 0.3) is 5.69 Å². The minimum atomic E-state index is 0.560. The van der Waals surface area contributed by atoms with Gasteiger partial charge in [0.25, 0.3) is 0 Å². The van der Waals surface area contributed by atoms with Gasteiger partial charge in [-0.05, 0) is 43.1 Å². The van der Waals surface area contributed by atoms with Crippen LogP contribution in [0, 0.1) is 5.92 Å². The Kier molecular flexibility index (Phi) is 4.20. The maximum Gasteiger partial charge on any atom is 0.0697 e. The Morgan fingerprint density at radius 1 is 1.29 bits per heavy atom. The Balaban J connectivity index is 1.63. The zero-order valence-electron chi connectivity index (χ0n) is 12.7. The molecule has 2 aromatic rings. The Morgan fingerprint density at radius 3 is 2.71 bits per heavy atom. The maximum atomic E-state index is 4.00. The second kappa shape index (κ2) is 6.26. The van der Waals surface area contributed by atoms with E-state index in [4.69, 9.17) is 0 Å². The van der Waals surface area contributed by atoms with Crippen molar-refractivity contribution >= 4 is 5.69 Å². The highest BCUT2D eigenvalue weighted by Crippen LogP contribution is 2.21. The van der Waals surface area contributed by atoms with E-state index in [1.165, 1.54) is 25.2 Å². The second-order valence-electron chi connectivity index (χ2n) is 5.80. The molecular weight excluding hydrogens is 262 g/mol. The molecule has 0 amide bonds. The zero-order chi connectivity index (χ0) is 14.7. The number of nitrogens with one attached hydrogen (secondary N) is 1. The van der Waals surface area contributed by atoms with Gasteiger partial charge in [-0.1, -0.05) is 19.1 Å². The highest BCUT2D eigenvalue weighted by atomic mass is 15.4. The first kappa shape index (κ1) is 14.1. The fourth-order valence-corrected chi connectivity index (χ4v) is 3.00. The van der Waals surface area contributed by atoms with Gasteiger partial charge in [-0.25, -0.2) is 4.68 Å². The molecule has 5 heteroatoms. The summed E-state index contributed by atoms with van der Waals surface area (Å²) >= 11 is 0. The molecule has 0 unspecified atom stereocenters. The van der Waals surface area contributed by atoms with Crippen LogP contribution in [0.2, 0.25) is 0 Å². The van der Waals surface area contributed by atoms with Gasteiger partial charge in [-0.3, -0.25) is 0 Å². The number of piperidine rings is 1. The molecule has 3 rings (SSSR count). The number of aromatic nitrogens is 3. The predicted molar refractivity (Wildman–Crippen MR) is 84.7 cm³/mol. The van der Waals surface area contributed by atoms with Gasteiger partial charge in [-0.15, -0.1) is 5.10 Å². The van der Waals surface area contributed by atoms with Crippen molar-refractivity contribution in [2.24, 2.45) is 5.92 Å². The number of hydrogen-bond acceptors (Lipinski definition) is 4. The van der Waals surface area contributed by atoms with E-state index in [-0.39, 0.29) is 0 Å². The van der Waals surface area contributed by atoms with Gasteiger partial charge < -0.3 is 10.2 Å². The quantitative estimate of drug-likeness (QED) is 0.937. The molecule has 2 heterocycles. The van der Waals surface area contributed by atoms with Crippen molar-refractivity contribution in [3.05, 3.63) is 36.7 Å². The molecule has 0 spiro atoms. The molecule has 2 atom stereocenters. The van der Waals surface area contributed by atoms with Crippen molar-refractivity contribution < 1.29 is 0 Å². The van der Waals surface area contributed by atoms with Gasteiger partial charge >= 0.3 is 0 Å². The van der Waals surface area contributed by atoms with Crippen molar-refractivity contribution in [1.82, 2.24) is 19.9 Å². The summed E-state index contributed by atoms with van der Waals surface area (Å²) in [6.07, 6.45) is 4.75. The lowest BCUT2D eigenvalue weighted by Crippen LogP contribution is -2.44. The lowest BCUT2D eigenvalue weighted by Gasteiger charge is -2.37. The largest absolute Gasteiger partial charge is 0.382 e. The average Bonchev–Trinajstić information content (AvgIpc) is 3.04. The van der Waals surface area contributed by atoms with Crippen LogP contribution in [0.1, 0.15) is 20.3 Å². The van der Waals surface area contributed by atoms with Crippen LogP contribution in [-0.2, 0) is 0 Å². The van der Waals surface area contributed by atoms with Gasteiger partial charge in [-0.2, -0.15) is 0 Å². The number of rotatable bonds is 4. The van der Waals surface area contributed by atoms with E-state index in [0.717, 1.165) is 12.2 Å². The molecular formula is C16H23N5. The van der Waals surface area contributed by atoms with Crippen molar-refractivity contribution in [3.63, 3.8) is 0 Å². The maximum absolute atomic E-state index is 4.00. The molecule has 0 saturated carbocycles. The van der Waals surface area contributed by atoms with E-state index in [1.54, 1.807) is 10.9 Å². The van der Waals surface area contributed by atoms with Gasteiger partial charge in [0, 0.05) is 24.8 Å². The summed E-state index contributed by atoms with van der Waals surface area (Å²) in [7, 11) is 0. The Labute approximate surface area is 126 Å². The minimum Gasteiger partial charge on any atom is -0.382 e. The first-order valence-electron chi connectivity index (χ1n) is 7.72. The molecule has 1 aliphatic rings. The van der Waals surface area contributed by atoms with E-state index in [9.17, 15) is 0 Å². The summed E-state index contributed by atoms with van der Waals surface area (Å²) in [5.74, 6) is 0.675. The van der Waals surface area contributed by atoms with E-state index in [1.807, 2.05) is 6.20 Å². The van der Waals surface area contributed by atoms with Crippen LogP contribution in [0.4, 0.5) is 5.69 Å². The van der Waals surface area contributed by atoms with Crippen molar-refractivity contribution in [2.45, 2.75) is 26.3 Å². The van der Waals surface area contributed by atoms with E-state index in [0.29, 0.717) is 12.0 Å². The van der Waals surface area contributed by atoms with Crippen LogP contribution < -0.4 is 5.32 Å². The molecule has 21 heavy (non-hydrogen) atoms. The highest BCUT2D eigenvalue weighted by Gasteiger charge is 2.24. The van der Waals surface area contributed by atoms with Gasteiger partial charge in [0.05, 0.1) is 18.1 Å². The summed E-state index contributed by atoms with van der Waals surface area (Å²) in [5.41, 5.74) is 2.22. The predicted octanol–water partition coefficient (Wildman–Crippen LogP) is 2.41. The van der Waals surface area contributed by atoms with E-state index >= 15 is 0 Å². The molecule has 0 aliphatic carbocycles. The molecule has 1 aliphatic heterocycles. The smallest absolute Gasteiger partial charge is 0.0697 e. The van der Waals surface area contributed by atoms with Crippen LogP contribution in [0.5, 0.6) is 0 Å². The second-order valence-corrected chi connectivity index (χ2v) is 5.80. The molecule has 1 aromatic carbocycles. The van der Waals surface area contributed by atoms with Crippen LogP contribution in [-0.4, -0.2) is 45.6 Å². The normalized spacial score (nSPS) is 23.1. The number of hydrogen-bond donors (Lipinski definition) is 1. The molecule has 0 radical (unpaired) electrons. The number of likely N-dealkylation sites (tertiary alicyclic amines) is 1. The number of benzene rings is 1. The fraction of sp³-hybridized carbons (Fsp3) is 0.500. The lowest BCUT2D eigenvalue weighted by atomic mass is 9.93. The first-order valence-corrected chi connectivity index (χ1v) is 7.72. The molecule has 1 aromatic heterocycles. The van der Waals surface area contributed by atoms with Crippen LogP contribution in [0.15, 0.2) is 36.7 Å². The average molecular weight is 285 g/mol. The van der Waals surface area contributed by atoms with Gasteiger partial charge in [0.15, 0.2) is 0 Å². The van der Waals surface area contributed by atoms with Crippen molar-refractivity contribution in [1.29, 1.82) is 0 Å². The van der Waals surface area contributed by atoms with Crippen molar-refractivity contribution in [2.75, 3.05) is 25.0 Å². The lowest BCUT2D eigenvalue weighted by molar-refractivity contribution is 0.179. The Morgan fingerprint density at radius 2 is 2.10 bits per heavy atom. The van der Waals surface area contributed by atoms with E-state index < -0.39 is 0 Å². The summed E-state index contributed by atoms with van der Waals surface area (Å²) < 4.78 is 1.77. The minimum absolute atomic E-state index is 0.560. The SMILES string of the molecule is CCN1CC[C@@H](Nc2ccc(-n3ccnn3)cc2)[C@@H](C)C1.